The standard InChI is InChI=1S/C42H66N10O15/c1-19(2)14-26(46-35(59)25(43)17-53)36(60)49-29(18-54)38(62)47-27(15-23-9-11-24(56)12-10-23)37(61)51-33(22(6)55)40(64)48-28(16-31(44)57)41(65)52-13-7-8-30(52)39(63)45-21(5)34(58)50-32(20(3)4)42(66)67/h9-12,19-22,25-30,32-33,53-56H,7-8,13-18,43H2,1-6H3,(H2,44,57)(H,45,63)(H,46,59)(H,47,62)(H,48,64)(H,49,60)(H,50,58)(H,51,61)(H,66,67)/t21-,22+,25-,26-,27-,28-,29-,30-,32-,33-/m0/s1. The molecule has 1 heterocycles. The Morgan fingerprint density at radius 3 is 1.75 bits per heavy atom. The van der Waals surface area contributed by atoms with Crippen molar-refractivity contribution in [1.29, 1.82) is 0 Å². The lowest BCUT2D eigenvalue weighted by Gasteiger charge is -2.31. The van der Waals surface area contributed by atoms with Crippen LogP contribution in [0.4, 0.5) is 0 Å². The number of amides is 9. The topological polar surface area (TPSA) is 411 Å². The number of aromatic hydroxyl groups is 1. The molecule has 2 rings (SSSR count). The molecule has 25 heteroatoms. The van der Waals surface area contributed by atoms with Gasteiger partial charge in [0, 0.05) is 13.0 Å². The number of carboxylic acid groups (broad SMARTS) is 1. The lowest BCUT2D eigenvalue weighted by atomic mass is 10.0. The van der Waals surface area contributed by atoms with Gasteiger partial charge in [-0.15, -0.1) is 0 Å². The number of benzene rings is 1. The van der Waals surface area contributed by atoms with E-state index in [-0.39, 0.29) is 43.9 Å². The van der Waals surface area contributed by atoms with Crippen molar-refractivity contribution in [2.45, 2.75) is 134 Å². The summed E-state index contributed by atoms with van der Waals surface area (Å²) in [6, 6.07) is -7.90. The van der Waals surface area contributed by atoms with Crippen LogP contribution in [0.5, 0.6) is 5.75 Å². The van der Waals surface area contributed by atoms with E-state index in [1.165, 1.54) is 31.2 Å². The molecule has 1 fully saturated rings. The lowest BCUT2D eigenvalue weighted by Crippen LogP contribution is -2.62. The number of carbonyl (C=O) groups excluding carboxylic acids is 9. The summed E-state index contributed by atoms with van der Waals surface area (Å²) >= 11 is 0. The lowest BCUT2D eigenvalue weighted by molar-refractivity contribution is -0.144. The van der Waals surface area contributed by atoms with E-state index in [2.05, 4.69) is 37.2 Å². The van der Waals surface area contributed by atoms with Gasteiger partial charge in [0.15, 0.2) is 0 Å². The molecule has 25 nitrogen and oxygen atoms in total. The number of aliphatic hydroxyl groups excluding tert-OH is 3. The van der Waals surface area contributed by atoms with E-state index in [1.807, 2.05) is 0 Å². The summed E-state index contributed by atoms with van der Waals surface area (Å²) in [6.45, 7) is 7.29. The molecule has 16 N–H and O–H groups in total. The number of carboxylic acids is 1. The maximum atomic E-state index is 14.0. The number of likely N-dealkylation sites (tertiary alicyclic amines) is 1. The van der Waals surface area contributed by atoms with Crippen molar-refractivity contribution in [3.05, 3.63) is 29.8 Å². The third-order valence-corrected chi connectivity index (χ3v) is 10.6. The van der Waals surface area contributed by atoms with Crippen molar-refractivity contribution in [3.8, 4) is 5.75 Å². The predicted octanol–water partition coefficient (Wildman–Crippen LogP) is -5.31. The Morgan fingerprint density at radius 1 is 0.687 bits per heavy atom. The minimum atomic E-state index is -1.88. The molecule has 0 aromatic heterocycles. The summed E-state index contributed by atoms with van der Waals surface area (Å²) in [4.78, 5) is 132. The van der Waals surface area contributed by atoms with Gasteiger partial charge in [-0.25, -0.2) is 4.79 Å². The van der Waals surface area contributed by atoms with Crippen LogP contribution in [0.1, 0.15) is 72.8 Å². The van der Waals surface area contributed by atoms with Crippen LogP contribution in [0.25, 0.3) is 0 Å². The van der Waals surface area contributed by atoms with Crippen LogP contribution in [0.3, 0.4) is 0 Å². The van der Waals surface area contributed by atoms with Gasteiger partial charge in [-0.05, 0) is 62.6 Å². The summed E-state index contributed by atoms with van der Waals surface area (Å²) < 4.78 is 0. The molecule has 1 saturated heterocycles. The van der Waals surface area contributed by atoms with Crippen molar-refractivity contribution in [2.75, 3.05) is 19.8 Å². The number of primary amides is 1. The molecule has 1 aliphatic heterocycles. The van der Waals surface area contributed by atoms with Crippen LogP contribution in [-0.2, 0) is 54.4 Å². The minimum absolute atomic E-state index is 0.0353. The maximum Gasteiger partial charge on any atom is 0.326 e. The molecule has 9 amide bonds. The molecule has 0 aliphatic carbocycles. The zero-order valence-corrected chi connectivity index (χ0v) is 38.3. The highest BCUT2D eigenvalue weighted by molar-refractivity contribution is 5.99. The highest BCUT2D eigenvalue weighted by atomic mass is 16.4. The molecule has 0 bridgehead atoms. The second-order valence-electron chi connectivity index (χ2n) is 17.1. The number of hydrogen-bond donors (Lipinski definition) is 14. The Balaban J connectivity index is 2.34. The third-order valence-electron chi connectivity index (χ3n) is 10.6. The maximum absolute atomic E-state index is 14.0. The molecule has 0 radical (unpaired) electrons. The number of aliphatic hydroxyl groups is 3. The van der Waals surface area contributed by atoms with Gasteiger partial charge in [-0.2, -0.15) is 0 Å². The molecule has 1 aromatic rings. The van der Waals surface area contributed by atoms with Gasteiger partial charge in [-0.1, -0.05) is 39.8 Å². The second kappa shape index (κ2) is 26.6. The van der Waals surface area contributed by atoms with Crippen molar-refractivity contribution in [3.63, 3.8) is 0 Å². The average Bonchev–Trinajstić information content (AvgIpc) is 3.75. The summed E-state index contributed by atoms with van der Waals surface area (Å²) in [5.41, 5.74) is 11.4. The molecule has 10 atom stereocenters. The van der Waals surface area contributed by atoms with E-state index >= 15 is 0 Å². The van der Waals surface area contributed by atoms with E-state index in [0.29, 0.717) is 5.56 Å². The zero-order valence-electron chi connectivity index (χ0n) is 38.3. The van der Waals surface area contributed by atoms with E-state index in [1.54, 1.807) is 27.7 Å². The zero-order chi connectivity index (χ0) is 50.9. The normalized spacial score (nSPS) is 17.6. The Bertz CT molecular complexity index is 1930. The number of nitrogens with two attached hydrogens (primary N) is 2. The number of aliphatic carboxylic acids is 1. The first-order chi connectivity index (χ1) is 31.3. The molecule has 0 spiro atoms. The average molecular weight is 951 g/mol. The highest BCUT2D eigenvalue weighted by Gasteiger charge is 2.41. The first-order valence-electron chi connectivity index (χ1n) is 21.7. The molecule has 67 heavy (non-hydrogen) atoms. The minimum Gasteiger partial charge on any atom is -0.508 e. The molecule has 0 saturated carbocycles. The van der Waals surface area contributed by atoms with E-state index in [9.17, 15) is 73.5 Å². The van der Waals surface area contributed by atoms with Crippen LogP contribution in [-0.4, -0.2) is 170 Å². The van der Waals surface area contributed by atoms with Crippen LogP contribution in [0.2, 0.25) is 0 Å². The number of phenolic OH excluding ortho intramolecular Hbond substituents is 1. The summed E-state index contributed by atoms with van der Waals surface area (Å²) in [5.74, 6) is -10.9. The van der Waals surface area contributed by atoms with E-state index in [0.717, 1.165) is 11.8 Å². The number of hydrogen-bond acceptors (Lipinski definition) is 15. The van der Waals surface area contributed by atoms with Gasteiger partial charge in [0.25, 0.3) is 0 Å². The quantitative estimate of drug-likeness (QED) is 0.0412. The van der Waals surface area contributed by atoms with Gasteiger partial charge in [0.05, 0.1) is 25.7 Å². The number of phenols is 1. The number of nitrogens with one attached hydrogen (secondary N) is 7. The van der Waals surface area contributed by atoms with Gasteiger partial charge >= 0.3 is 5.97 Å². The summed E-state index contributed by atoms with van der Waals surface area (Å²) in [6.07, 6.45) is -2.40. The number of rotatable bonds is 26. The fraction of sp³-hybridized carbons (Fsp3) is 0.619. The summed E-state index contributed by atoms with van der Waals surface area (Å²) in [5, 5.41) is 65.9. The first-order valence-corrected chi connectivity index (χ1v) is 21.7. The van der Waals surface area contributed by atoms with Crippen LogP contribution in [0.15, 0.2) is 24.3 Å². The van der Waals surface area contributed by atoms with Crippen molar-refractivity contribution in [1.82, 2.24) is 42.1 Å². The van der Waals surface area contributed by atoms with Gasteiger partial charge in [0.2, 0.25) is 53.2 Å². The predicted molar refractivity (Wildman–Crippen MR) is 235 cm³/mol. The largest absolute Gasteiger partial charge is 0.508 e. The van der Waals surface area contributed by atoms with Crippen molar-refractivity contribution in [2.24, 2.45) is 23.3 Å². The molecular formula is C42H66N10O15. The Labute approximate surface area is 386 Å². The first kappa shape index (κ1) is 56.7. The Morgan fingerprint density at radius 2 is 1.22 bits per heavy atom. The third kappa shape index (κ3) is 17.7. The molecule has 374 valence electrons. The smallest absolute Gasteiger partial charge is 0.326 e. The molecular weight excluding hydrogens is 885 g/mol. The molecule has 1 aliphatic rings. The molecule has 0 unspecified atom stereocenters. The highest BCUT2D eigenvalue weighted by Crippen LogP contribution is 2.20. The molecule has 1 aromatic carbocycles. The summed E-state index contributed by atoms with van der Waals surface area (Å²) in [7, 11) is 0. The SMILES string of the molecule is CC(C)C[C@H](NC(=O)[C@@H](N)CO)C(=O)N[C@@H](CO)C(=O)N[C@@H](Cc1ccc(O)cc1)C(=O)N[C@H](C(=O)N[C@@H](CC(N)=O)C(=O)N1CCC[C@H]1C(=O)N[C@@H](C)C(=O)N[C@H](C(=O)O)C(C)C)[C@@H](C)O. The van der Waals surface area contributed by atoms with Crippen LogP contribution in [0, 0.1) is 11.8 Å². The monoisotopic (exact) mass is 950 g/mol. The fourth-order valence-electron chi connectivity index (χ4n) is 6.87. The van der Waals surface area contributed by atoms with Crippen molar-refractivity contribution >= 4 is 59.1 Å². The van der Waals surface area contributed by atoms with Crippen LogP contribution >= 0.6 is 0 Å². The van der Waals surface area contributed by atoms with Crippen LogP contribution < -0.4 is 48.7 Å². The Kier molecular flexibility index (Phi) is 22.5. The van der Waals surface area contributed by atoms with E-state index in [4.69, 9.17) is 11.5 Å². The van der Waals surface area contributed by atoms with Gasteiger partial charge in [-0.3, -0.25) is 43.2 Å². The Hall–Kier alpha value is -6.44. The van der Waals surface area contributed by atoms with E-state index < -0.39 is 145 Å². The number of nitrogens with zero attached hydrogens (tertiary/aromatic N) is 1. The van der Waals surface area contributed by atoms with Gasteiger partial charge < -0.3 is 79.1 Å². The number of carbonyl (C=O) groups is 10. The second-order valence-corrected chi connectivity index (χ2v) is 17.1. The fourth-order valence-corrected chi connectivity index (χ4v) is 6.87. The van der Waals surface area contributed by atoms with Gasteiger partial charge in [0.1, 0.15) is 60.1 Å². The van der Waals surface area contributed by atoms with Crippen molar-refractivity contribution < 1.29 is 73.5 Å².